The minimum Gasteiger partial charge on any atom is -0.402 e. The van der Waals surface area contributed by atoms with E-state index in [1.165, 1.54) is 0 Å². The van der Waals surface area contributed by atoms with Crippen LogP contribution in [0.4, 0.5) is 0 Å². The fourth-order valence-electron chi connectivity index (χ4n) is 1.31. The number of allylic oxidation sites excluding steroid dienone is 1. The average Bonchev–Trinajstić information content (AvgIpc) is 2.22. The van der Waals surface area contributed by atoms with Gasteiger partial charge in [-0.1, -0.05) is 6.08 Å². The molecule has 1 atom stereocenters. The highest BCUT2D eigenvalue weighted by Gasteiger charge is 2.53. The molecule has 1 heterocycles. The van der Waals surface area contributed by atoms with E-state index in [1.807, 2.05) is 27.7 Å². The summed E-state index contributed by atoms with van der Waals surface area (Å²) >= 11 is 6.12. The van der Waals surface area contributed by atoms with Crippen molar-refractivity contribution in [2.45, 2.75) is 50.6 Å². The van der Waals surface area contributed by atoms with Gasteiger partial charge in [0.15, 0.2) is 0 Å². The van der Waals surface area contributed by atoms with Crippen LogP contribution in [0.3, 0.4) is 0 Å². The molecule has 0 radical (unpaired) electrons. The van der Waals surface area contributed by atoms with Crippen LogP contribution in [0, 0.1) is 0 Å². The fraction of sp³-hybridized carbons (Fsp3) is 0.800. The highest BCUT2D eigenvalue weighted by Crippen LogP contribution is 2.38. The average molecular weight is 217 g/mol. The standard InChI is InChI=1S/C10H18BClO2/c1-6-7-8(12)11-13-9(2,3)10(4,5)14-11/h6,8H,1,7H2,2-5H3/t8-/m1/s1. The largest absolute Gasteiger partial charge is 0.477 e. The van der Waals surface area contributed by atoms with Crippen molar-refractivity contribution in [3.63, 3.8) is 0 Å². The van der Waals surface area contributed by atoms with E-state index < -0.39 is 0 Å². The summed E-state index contributed by atoms with van der Waals surface area (Å²) in [5, 5.41) is -0.159. The van der Waals surface area contributed by atoms with Gasteiger partial charge in [0.05, 0.1) is 16.5 Å². The number of halogens is 1. The second-order valence-corrected chi connectivity index (χ2v) is 5.23. The lowest BCUT2D eigenvalue weighted by Gasteiger charge is -2.32. The van der Waals surface area contributed by atoms with Crippen molar-refractivity contribution >= 4 is 18.7 Å². The van der Waals surface area contributed by atoms with Crippen LogP contribution in [0.1, 0.15) is 34.1 Å². The van der Waals surface area contributed by atoms with E-state index in [9.17, 15) is 0 Å². The van der Waals surface area contributed by atoms with Crippen molar-refractivity contribution in [1.82, 2.24) is 0 Å². The third-order valence-electron chi connectivity index (χ3n) is 2.96. The lowest BCUT2D eigenvalue weighted by atomic mass is 9.82. The Morgan fingerprint density at radius 1 is 1.29 bits per heavy atom. The van der Waals surface area contributed by atoms with E-state index in [0.717, 1.165) is 0 Å². The molecular formula is C10H18BClO2. The summed E-state index contributed by atoms with van der Waals surface area (Å²) in [5.41, 5.74) is -0.599. The van der Waals surface area contributed by atoms with Gasteiger partial charge in [-0.2, -0.15) is 0 Å². The van der Waals surface area contributed by atoms with Crippen LogP contribution < -0.4 is 0 Å². The molecule has 0 spiro atoms. The molecule has 0 aromatic heterocycles. The summed E-state index contributed by atoms with van der Waals surface area (Å²) in [7, 11) is -0.334. The maximum Gasteiger partial charge on any atom is 0.477 e. The maximum absolute atomic E-state index is 6.12. The summed E-state index contributed by atoms with van der Waals surface area (Å²) in [6.45, 7) is 11.7. The van der Waals surface area contributed by atoms with Crippen LogP contribution in [0.25, 0.3) is 0 Å². The number of hydrogen-bond acceptors (Lipinski definition) is 2. The van der Waals surface area contributed by atoms with E-state index in [2.05, 4.69) is 6.58 Å². The van der Waals surface area contributed by atoms with Gasteiger partial charge >= 0.3 is 7.12 Å². The second-order valence-electron chi connectivity index (χ2n) is 4.67. The molecule has 1 rings (SSSR count). The van der Waals surface area contributed by atoms with Crippen LogP contribution in [0.15, 0.2) is 12.7 Å². The van der Waals surface area contributed by atoms with Crippen LogP contribution in [-0.4, -0.2) is 23.6 Å². The van der Waals surface area contributed by atoms with Gasteiger partial charge in [-0.15, -0.1) is 18.2 Å². The van der Waals surface area contributed by atoms with Crippen molar-refractivity contribution in [3.05, 3.63) is 12.7 Å². The van der Waals surface area contributed by atoms with E-state index >= 15 is 0 Å². The molecule has 1 fully saturated rings. The Morgan fingerprint density at radius 3 is 2.07 bits per heavy atom. The van der Waals surface area contributed by atoms with E-state index in [4.69, 9.17) is 20.9 Å². The molecule has 0 unspecified atom stereocenters. The molecule has 0 aromatic rings. The van der Waals surface area contributed by atoms with Crippen molar-refractivity contribution in [2.75, 3.05) is 0 Å². The molecule has 0 amide bonds. The predicted molar refractivity (Wildman–Crippen MR) is 60.5 cm³/mol. The molecule has 0 bridgehead atoms. The summed E-state index contributed by atoms with van der Waals surface area (Å²) in [4.78, 5) is 0. The van der Waals surface area contributed by atoms with E-state index in [1.54, 1.807) is 6.08 Å². The van der Waals surface area contributed by atoms with Crippen molar-refractivity contribution in [3.8, 4) is 0 Å². The van der Waals surface area contributed by atoms with E-state index in [-0.39, 0.29) is 23.6 Å². The Bertz CT molecular complexity index is 212. The second kappa shape index (κ2) is 3.88. The van der Waals surface area contributed by atoms with E-state index in [0.29, 0.717) is 6.42 Å². The molecule has 0 N–H and O–H groups in total. The van der Waals surface area contributed by atoms with Gasteiger partial charge in [-0.05, 0) is 34.1 Å². The van der Waals surface area contributed by atoms with Crippen LogP contribution in [0.2, 0.25) is 0 Å². The van der Waals surface area contributed by atoms with Crippen LogP contribution in [-0.2, 0) is 9.31 Å². The molecule has 4 heteroatoms. The smallest absolute Gasteiger partial charge is 0.402 e. The molecular weight excluding hydrogens is 198 g/mol. The zero-order valence-corrected chi connectivity index (χ0v) is 10.1. The Hall–Kier alpha value is 0.0149. The van der Waals surface area contributed by atoms with Gasteiger partial charge in [-0.3, -0.25) is 0 Å². The molecule has 80 valence electrons. The van der Waals surface area contributed by atoms with Gasteiger partial charge in [0.2, 0.25) is 0 Å². The first-order chi connectivity index (χ1) is 6.30. The number of rotatable bonds is 3. The quantitative estimate of drug-likeness (QED) is 0.410. The summed E-state index contributed by atoms with van der Waals surface area (Å²) in [5.74, 6) is 0. The third kappa shape index (κ3) is 2.15. The third-order valence-corrected chi connectivity index (χ3v) is 3.34. The van der Waals surface area contributed by atoms with Gasteiger partial charge in [0.1, 0.15) is 0 Å². The first kappa shape index (κ1) is 12.1. The first-order valence-electron chi connectivity index (χ1n) is 4.91. The molecule has 1 saturated heterocycles. The topological polar surface area (TPSA) is 18.5 Å². The lowest BCUT2D eigenvalue weighted by molar-refractivity contribution is 0.00578. The molecule has 0 saturated carbocycles. The molecule has 14 heavy (non-hydrogen) atoms. The molecule has 1 aliphatic heterocycles. The minimum absolute atomic E-state index is 0.159. The Labute approximate surface area is 91.8 Å². The van der Waals surface area contributed by atoms with Crippen LogP contribution >= 0.6 is 11.6 Å². The lowest BCUT2D eigenvalue weighted by Crippen LogP contribution is -2.41. The van der Waals surface area contributed by atoms with Crippen molar-refractivity contribution in [1.29, 1.82) is 0 Å². The SMILES string of the molecule is C=CC[C@@H](Cl)B1OC(C)(C)C(C)(C)O1. The minimum atomic E-state index is -0.334. The Morgan fingerprint density at radius 2 is 1.71 bits per heavy atom. The Balaban J connectivity index is 2.67. The van der Waals surface area contributed by atoms with Gasteiger partial charge in [-0.25, -0.2) is 0 Å². The zero-order chi connectivity index (χ0) is 11.0. The van der Waals surface area contributed by atoms with Crippen molar-refractivity contribution < 1.29 is 9.31 Å². The maximum atomic E-state index is 6.12. The molecule has 0 aliphatic carbocycles. The fourth-order valence-corrected chi connectivity index (χ4v) is 1.54. The molecule has 1 aliphatic rings. The Kier molecular flexibility index (Phi) is 3.35. The molecule has 0 aromatic carbocycles. The van der Waals surface area contributed by atoms with Gasteiger partial charge < -0.3 is 9.31 Å². The van der Waals surface area contributed by atoms with Gasteiger partial charge in [0, 0.05) is 0 Å². The van der Waals surface area contributed by atoms with Gasteiger partial charge in [0.25, 0.3) is 0 Å². The number of alkyl halides is 1. The summed E-state index contributed by atoms with van der Waals surface area (Å²) < 4.78 is 11.6. The molecule has 2 nitrogen and oxygen atoms in total. The van der Waals surface area contributed by atoms with Crippen LogP contribution in [0.5, 0.6) is 0 Å². The normalized spacial score (nSPS) is 26.2. The van der Waals surface area contributed by atoms with Crippen molar-refractivity contribution in [2.24, 2.45) is 0 Å². The summed E-state index contributed by atoms with van der Waals surface area (Å²) in [6.07, 6.45) is 2.47. The summed E-state index contributed by atoms with van der Waals surface area (Å²) in [6, 6.07) is 0. The first-order valence-corrected chi connectivity index (χ1v) is 5.34. The monoisotopic (exact) mass is 216 g/mol. The predicted octanol–water partition coefficient (Wildman–Crippen LogP) is 2.80. The number of hydrogen-bond donors (Lipinski definition) is 0. The zero-order valence-electron chi connectivity index (χ0n) is 9.34. The highest BCUT2D eigenvalue weighted by atomic mass is 35.5. The highest BCUT2D eigenvalue weighted by molar-refractivity contribution is 6.60.